The number of ether oxygens (including phenoxy) is 1. The van der Waals surface area contributed by atoms with Crippen LogP contribution in [0.5, 0.6) is 5.75 Å². The van der Waals surface area contributed by atoms with Gasteiger partial charge in [-0.2, -0.15) is 5.10 Å². The van der Waals surface area contributed by atoms with E-state index in [-0.39, 0.29) is 18.6 Å². The van der Waals surface area contributed by atoms with Gasteiger partial charge in [-0.3, -0.25) is 4.79 Å². The first kappa shape index (κ1) is 22.6. The molecule has 1 aromatic carbocycles. The van der Waals surface area contributed by atoms with Crippen LogP contribution in [-0.2, 0) is 12.8 Å². The van der Waals surface area contributed by atoms with Gasteiger partial charge in [-0.25, -0.2) is 9.50 Å². The van der Waals surface area contributed by atoms with E-state index in [0.717, 1.165) is 24.8 Å². The summed E-state index contributed by atoms with van der Waals surface area (Å²) in [5.41, 5.74) is 2.22. The fourth-order valence-electron chi connectivity index (χ4n) is 4.39. The molecular formula is C24H29ClN4O3. The van der Waals surface area contributed by atoms with Crippen molar-refractivity contribution in [2.75, 3.05) is 20.3 Å². The number of aliphatic hydroxyl groups excluding tert-OH is 1. The van der Waals surface area contributed by atoms with Gasteiger partial charge in [0.25, 0.3) is 5.91 Å². The van der Waals surface area contributed by atoms with Crippen LogP contribution in [0.1, 0.15) is 47.9 Å². The van der Waals surface area contributed by atoms with Gasteiger partial charge < -0.3 is 14.7 Å². The van der Waals surface area contributed by atoms with Gasteiger partial charge in [-0.05, 0) is 55.4 Å². The molecule has 170 valence electrons. The standard InChI is InChI=1S/C24H29ClN4O3/c1-16-6-8-20(10-11-30)28(14-16)24(31)18-13-21(32-2)23-26-22(27-29(23)15-18)9-7-17-4-3-5-19(25)12-17/h3-5,12-13,15-16,20,30H,6-11,14H2,1-2H3. The summed E-state index contributed by atoms with van der Waals surface area (Å²) in [5, 5.41) is 14.8. The average Bonchev–Trinajstić information content (AvgIpc) is 3.21. The molecule has 0 spiro atoms. The Bertz CT molecular complexity index is 1100. The third kappa shape index (κ3) is 4.89. The summed E-state index contributed by atoms with van der Waals surface area (Å²) >= 11 is 6.08. The van der Waals surface area contributed by atoms with Crippen LogP contribution in [-0.4, -0.2) is 56.8 Å². The summed E-state index contributed by atoms with van der Waals surface area (Å²) in [7, 11) is 1.57. The minimum atomic E-state index is -0.0637. The van der Waals surface area contributed by atoms with Crippen molar-refractivity contribution in [1.29, 1.82) is 0 Å². The van der Waals surface area contributed by atoms with Crippen molar-refractivity contribution in [1.82, 2.24) is 19.5 Å². The van der Waals surface area contributed by atoms with Gasteiger partial charge in [0.15, 0.2) is 17.2 Å². The van der Waals surface area contributed by atoms with Crippen LogP contribution < -0.4 is 4.74 Å². The van der Waals surface area contributed by atoms with Crippen molar-refractivity contribution in [3.05, 3.63) is 58.5 Å². The molecule has 4 rings (SSSR count). The summed E-state index contributed by atoms with van der Waals surface area (Å²) in [6, 6.07) is 9.54. The molecule has 0 bridgehead atoms. The first-order valence-corrected chi connectivity index (χ1v) is 11.5. The largest absolute Gasteiger partial charge is 0.493 e. The number of hydrogen-bond acceptors (Lipinski definition) is 5. The smallest absolute Gasteiger partial charge is 0.255 e. The number of halogens is 1. The molecule has 1 N–H and O–H groups in total. The number of aliphatic hydroxyl groups is 1. The molecule has 2 atom stereocenters. The molecule has 1 fully saturated rings. The monoisotopic (exact) mass is 456 g/mol. The van der Waals surface area contributed by atoms with E-state index in [4.69, 9.17) is 16.3 Å². The molecule has 0 aliphatic carbocycles. The molecular weight excluding hydrogens is 428 g/mol. The number of amides is 1. The van der Waals surface area contributed by atoms with Gasteiger partial charge in [0.1, 0.15) is 0 Å². The Hall–Kier alpha value is -2.64. The number of pyridine rings is 1. The van der Waals surface area contributed by atoms with Crippen molar-refractivity contribution in [3.8, 4) is 5.75 Å². The lowest BCUT2D eigenvalue weighted by Gasteiger charge is -2.38. The zero-order valence-corrected chi connectivity index (χ0v) is 19.3. The minimum absolute atomic E-state index is 0.0504. The highest BCUT2D eigenvalue weighted by atomic mass is 35.5. The van der Waals surface area contributed by atoms with Crippen LogP contribution in [0.3, 0.4) is 0 Å². The quantitative estimate of drug-likeness (QED) is 0.585. The van der Waals surface area contributed by atoms with E-state index >= 15 is 0 Å². The van der Waals surface area contributed by atoms with E-state index in [0.29, 0.717) is 53.1 Å². The lowest BCUT2D eigenvalue weighted by molar-refractivity contribution is 0.0500. The fraction of sp³-hybridized carbons (Fsp3) is 0.458. The molecule has 0 radical (unpaired) electrons. The number of fused-ring (bicyclic) bond motifs is 1. The fourth-order valence-corrected chi connectivity index (χ4v) is 4.61. The van der Waals surface area contributed by atoms with E-state index in [9.17, 15) is 9.90 Å². The highest BCUT2D eigenvalue weighted by molar-refractivity contribution is 6.30. The molecule has 1 aliphatic heterocycles. The number of hydrogen-bond donors (Lipinski definition) is 1. The molecule has 2 unspecified atom stereocenters. The number of aromatic nitrogens is 3. The van der Waals surface area contributed by atoms with E-state index < -0.39 is 0 Å². The van der Waals surface area contributed by atoms with Crippen molar-refractivity contribution < 1.29 is 14.6 Å². The molecule has 3 aromatic rings. The minimum Gasteiger partial charge on any atom is -0.493 e. The summed E-state index contributed by atoms with van der Waals surface area (Å²) in [6.45, 7) is 2.92. The van der Waals surface area contributed by atoms with E-state index in [1.54, 1.807) is 23.9 Å². The molecule has 32 heavy (non-hydrogen) atoms. The maximum absolute atomic E-state index is 13.4. The molecule has 8 heteroatoms. The maximum Gasteiger partial charge on any atom is 0.255 e. The van der Waals surface area contributed by atoms with Gasteiger partial charge in [0.2, 0.25) is 0 Å². The SMILES string of the molecule is COc1cc(C(=O)N2CC(C)CCC2CCO)cn2nc(CCc3cccc(Cl)c3)nc12. The van der Waals surface area contributed by atoms with Crippen molar-refractivity contribution in [2.45, 2.75) is 45.1 Å². The maximum atomic E-state index is 13.4. The summed E-state index contributed by atoms with van der Waals surface area (Å²) in [5.74, 6) is 1.56. The van der Waals surface area contributed by atoms with E-state index in [1.165, 1.54) is 0 Å². The lowest BCUT2D eigenvalue weighted by atomic mass is 9.92. The number of carbonyl (C=O) groups is 1. The average molecular weight is 457 g/mol. The summed E-state index contributed by atoms with van der Waals surface area (Å²) < 4.78 is 7.17. The predicted octanol–water partition coefficient (Wildman–Crippen LogP) is 3.80. The number of benzene rings is 1. The second-order valence-electron chi connectivity index (χ2n) is 8.53. The first-order valence-electron chi connectivity index (χ1n) is 11.1. The number of likely N-dealkylation sites (tertiary alicyclic amines) is 1. The van der Waals surface area contributed by atoms with Crippen molar-refractivity contribution in [3.63, 3.8) is 0 Å². The molecule has 1 amide bonds. The third-order valence-electron chi connectivity index (χ3n) is 6.10. The zero-order chi connectivity index (χ0) is 22.7. The van der Waals surface area contributed by atoms with Gasteiger partial charge in [-0.15, -0.1) is 0 Å². The number of carbonyl (C=O) groups excluding carboxylic acids is 1. The molecule has 1 aliphatic rings. The summed E-state index contributed by atoms with van der Waals surface area (Å²) in [4.78, 5) is 19.9. The molecule has 2 aromatic heterocycles. The number of aryl methyl sites for hydroxylation is 2. The first-order chi connectivity index (χ1) is 15.5. The van der Waals surface area contributed by atoms with Crippen LogP contribution in [0.25, 0.3) is 5.65 Å². The zero-order valence-electron chi connectivity index (χ0n) is 18.5. The molecule has 3 heterocycles. The Morgan fingerprint density at radius 2 is 2.12 bits per heavy atom. The van der Waals surface area contributed by atoms with Gasteiger partial charge in [0.05, 0.1) is 12.7 Å². The van der Waals surface area contributed by atoms with E-state index in [1.807, 2.05) is 29.2 Å². The highest BCUT2D eigenvalue weighted by Gasteiger charge is 2.31. The Morgan fingerprint density at radius 1 is 1.28 bits per heavy atom. The van der Waals surface area contributed by atoms with E-state index in [2.05, 4.69) is 17.0 Å². The van der Waals surface area contributed by atoms with Gasteiger partial charge in [0, 0.05) is 36.8 Å². The lowest BCUT2D eigenvalue weighted by Crippen LogP contribution is -2.46. The van der Waals surface area contributed by atoms with Crippen LogP contribution in [0.2, 0.25) is 5.02 Å². The Labute approximate surface area is 193 Å². The Morgan fingerprint density at radius 3 is 2.88 bits per heavy atom. The predicted molar refractivity (Wildman–Crippen MR) is 123 cm³/mol. The second-order valence-corrected chi connectivity index (χ2v) is 8.97. The number of piperidine rings is 1. The van der Waals surface area contributed by atoms with Gasteiger partial charge >= 0.3 is 0 Å². The van der Waals surface area contributed by atoms with Crippen molar-refractivity contribution in [2.24, 2.45) is 5.92 Å². The van der Waals surface area contributed by atoms with Crippen LogP contribution >= 0.6 is 11.6 Å². The highest BCUT2D eigenvalue weighted by Crippen LogP contribution is 2.27. The Kier molecular flexibility index (Phi) is 6.96. The van der Waals surface area contributed by atoms with Crippen LogP contribution in [0, 0.1) is 5.92 Å². The normalized spacial score (nSPS) is 18.8. The van der Waals surface area contributed by atoms with Crippen molar-refractivity contribution >= 4 is 23.2 Å². The number of rotatable bonds is 7. The number of nitrogens with zero attached hydrogens (tertiary/aromatic N) is 4. The molecule has 0 saturated carbocycles. The van der Waals surface area contributed by atoms with Crippen LogP contribution in [0.4, 0.5) is 0 Å². The van der Waals surface area contributed by atoms with Crippen LogP contribution in [0.15, 0.2) is 36.5 Å². The second kappa shape index (κ2) is 9.88. The topological polar surface area (TPSA) is 80.0 Å². The number of methoxy groups -OCH3 is 1. The molecule has 7 nitrogen and oxygen atoms in total. The third-order valence-corrected chi connectivity index (χ3v) is 6.34. The van der Waals surface area contributed by atoms with Gasteiger partial charge in [-0.1, -0.05) is 30.7 Å². The summed E-state index contributed by atoms with van der Waals surface area (Å²) in [6.07, 6.45) is 5.70. The molecule has 1 saturated heterocycles. The Balaban J connectivity index is 1.59.